The fourth-order valence-electron chi connectivity index (χ4n) is 2.01. The summed E-state index contributed by atoms with van der Waals surface area (Å²) in [6.45, 7) is 2.94. The third-order valence-electron chi connectivity index (χ3n) is 3.04. The predicted molar refractivity (Wildman–Crippen MR) is 70.2 cm³/mol. The molecule has 0 bridgehead atoms. The Morgan fingerprint density at radius 1 is 1.39 bits per heavy atom. The lowest BCUT2D eigenvalue weighted by molar-refractivity contribution is 0.513. The molecule has 96 valence electrons. The molecule has 2 rings (SSSR count). The first-order valence-electron chi connectivity index (χ1n) is 6.26. The third kappa shape index (κ3) is 3.13. The van der Waals surface area contributed by atoms with Gasteiger partial charge in [-0.1, -0.05) is 6.07 Å². The number of rotatable bonds is 6. The molecule has 18 heavy (non-hydrogen) atoms. The summed E-state index contributed by atoms with van der Waals surface area (Å²) in [6.07, 6.45) is 7.15. The highest BCUT2D eigenvalue weighted by Gasteiger charge is 2.12. The van der Waals surface area contributed by atoms with Crippen molar-refractivity contribution in [3.8, 4) is 0 Å². The first-order valence-corrected chi connectivity index (χ1v) is 6.26. The molecule has 0 aliphatic carbocycles. The molecule has 2 heterocycles. The van der Waals surface area contributed by atoms with E-state index >= 15 is 0 Å². The van der Waals surface area contributed by atoms with Gasteiger partial charge in [0, 0.05) is 31.4 Å². The Hall–Kier alpha value is -1.75. The molecule has 1 N–H and O–H groups in total. The number of likely N-dealkylation sites (N-methyl/N-ethyl adjacent to an activating group) is 1. The number of aryl methyl sites for hydroxylation is 1. The van der Waals surface area contributed by atoms with E-state index in [9.17, 15) is 0 Å². The SMILES string of the molecule is CCn1ncnc1CC(Cc1cccnc1)NC. The first kappa shape index (κ1) is 12.7. The molecule has 0 saturated carbocycles. The minimum Gasteiger partial charge on any atom is -0.316 e. The Morgan fingerprint density at radius 2 is 2.28 bits per heavy atom. The monoisotopic (exact) mass is 245 g/mol. The number of pyridine rings is 1. The molecule has 0 radical (unpaired) electrons. The van der Waals surface area contributed by atoms with Crippen LogP contribution in [0.1, 0.15) is 18.3 Å². The van der Waals surface area contributed by atoms with E-state index in [0.717, 1.165) is 25.2 Å². The van der Waals surface area contributed by atoms with Crippen molar-refractivity contribution >= 4 is 0 Å². The smallest absolute Gasteiger partial charge is 0.138 e. The van der Waals surface area contributed by atoms with Gasteiger partial charge in [0.25, 0.3) is 0 Å². The average molecular weight is 245 g/mol. The van der Waals surface area contributed by atoms with Gasteiger partial charge in [0.05, 0.1) is 0 Å². The molecule has 0 spiro atoms. The number of hydrogen-bond acceptors (Lipinski definition) is 4. The van der Waals surface area contributed by atoms with Crippen molar-refractivity contribution in [3.05, 3.63) is 42.2 Å². The molecule has 5 heteroatoms. The normalized spacial score (nSPS) is 12.6. The zero-order valence-corrected chi connectivity index (χ0v) is 10.9. The molecule has 0 fully saturated rings. The van der Waals surface area contributed by atoms with E-state index in [2.05, 4.69) is 33.4 Å². The largest absolute Gasteiger partial charge is 0.316 e. The summed E-state index contributed by atoms with van der Waals surface area (Å²) in [5.41, 5.74) is 1.24. The molecule has 0 aromatic carbocycles. The Balaban J connectivity index is 2.02. The van der Waals surface area contributed by atoms with Crippen molar-refractivity contribution in [1.29, 1.82) is 0 Å². The van der Waals surface area contributed by atoms with E-state index in [-0.39, 0.29) is 0 Å². The van der Waals surface area contributed by atoms with Crippen LogP contribution in [0.25, 0.3) is 0 Å². The number of nitrogens with one attached hydrogen (secondary N) is 1. The van der Waals surface area contributed by atoms with Crippen LogP contribution in [-0.4, -0.2) is 32.8 Å². The number of nitrogens with zero attached hydrogens (tertiary/aromatic N) is 4. The summed E-state index contributed by atoms with van der Waals surface area (Å²) in [4.78, 5) is 8.45. The van der Waals surface area contributed by atoms with Crippen LogP contribution < -0.4 is 5.32 Å². The fraction of sp³-hybridized carbons (Fsp3) is 0.462. The van der Waals surface area contributed by atoms with Crippen LogP contribution in [0.3, 0.4) is 0 Å². The summed E-state index contributed by atoms with van der Waals surface area (Å²) >= 11 is 0. The van der Waals surface area contributed by atoms with E-state index < -0.39 is 0 Å². The second kappa shape index (κ2) is 6.26. The third-order valence-corrected chi connectivity index (χ3v) is 3.04. The molecule has 0 amide bonds. The van der Waals surface area contributed by atoms with Crippen LogP contribution in [0.2, 0.25) is 0 Å². The van der Waals surface area contributed by atoms with E-state index in [4.69, 9.17) is 0 Å². The second-order valence-corrected chi connectivity index (χ2v) is 4.25. The molecule has 5 nitrogen and oxygen atoms in total. The highest BCUT2D eigenvalue weighted by Crippen LogP contribution is 2.06. The topological polar surface area (TPSA) is 55.6 Å². The lowest BCUT2D eigenvalue weighted by atomic mass is 10.0. The quantitative estimate of drug-likeness (QED) is 0.827. The molecule has 2 aromatic heterocycles. The average Bonchev–Trinajstić information content (AvgIpc) is 2.86. The molecule has 0 aliphatic rings. The van der Waals surface area contributed by atoms with Gasteiger partial charge in [-0.25, -0.2) is 4.98 Å². The van der Waals surface area contributed by atoms with Crippen LogP contribution in [0, 0.1) is 0 Å². The van der Waals surface area contributed by atoms with Crippen LogP contribution in [-0.2, 0) is 19.4 Å². The van der Waals surface area contributed by atoms with E-state index in [1.165, 1.54) is 5.56 Å². The van der Waals surface area contributed by atoms with E-state index in [0.29, 0.717) is 6.04 Å². The fourth-order valence-corrected chi connectivity index (χ4v) is 2.01. The van der Waals surface area contributed by atoms with Crippen molar-refractivity contribution in [1.82, 2.24) is 25.1 Å². The maximum atomic E-state index is 4.31. The van der Waals surface area contributed by atoms with Crippen molar-refractivity contribution in [3.63, 3.8) is 0 Å². The highest BCUT2D eigenvalue weighted by molar-refractivity contribution is 5.10. The van der Waals surface area contributed by atoms with Crippen LogP contribution in [0.4, 0.5) is 0 Å². The maximum absolute atomic E-state index is 4.31. The van der Waals surface area contributed by atoms with Crippen LogP contribution in [0.5, 0.6) is 0 Å². The van der Waals surface area contributed by atoms with Gasteiger partial charge in [-0.3, -0.25) is 9.67 Å². The van der Waals surface area contributed by atoms with Gasteiger partial charge in [-0.2, -0.15) is 5.10 Å². The molecule has 2 aromatic rings. The summed E-state index contributed by atoms with van der Waals surface area (Å²) < 4.78 is 1.94. The first-order chi connectivity index (χ1) is 8.83. The lowest BCUT2D eigenvalue weighted by Gasteiger charge is -2.15. The van der Waals surface area contributed by atoms with Gasteiger partial charge >= 0.3 is 0 Å². The summed E-state index contributed by atoms with van der Waals surface area (Å²) in [7, 11) is 1.98. The Bertz CT molecular complexity index is 465. The van der Waals surface area contributed by atoms with E-state index in [1.807, 2.05) is 24.0 Å². The molecular weight excluding hydrogens is 226 g/mol. The van der Waals surface area contributed by atoms with Gasteiger partial charge in [0.1, 0.15) is 12.2 Å². The van der Waals surface area contributed by atoms with Gasteiger partial charge < -0.3 is 5.32 Å². The Kier molecular flexibility index (Phi) is 4.41. The van der Waals surface area contributed by atoms with Crippen LogP contribution in [0.15, 0.2) is 30.9 Å². The van der Waals surface area contributed by atoms with Crippen molar-refractivity contribution < 1.29 is 0 Å². The molecule has 0 saturated heterocycles. The summed E-state index contributed by atoms with van der Waals surface area (Å²) in [5.74, 6) is 1.03. The Morgan fingerprint density at radius 3 is 2.94 bits per heavy atom. The standard InChI is InChI=1S/C13H19N5/c1-3-18-13(16-10-17-18)8-12(14-2)7-11-5-4-6-15-9-11/h4-6,9-10,12,14H,3,7-8H2,1-2H3. The van der Waals surface area contributed by atoms with Crippen molar-refractivity contribution in [2.24, 2.45) is 0 Å². The molecular formula is C13H19N5. The molecule has 0 aliphatic heterocycles. The summed E-state index contributed by atoms with van der Waals surface area (Å²) in [6, 6.07) is 4.42. The zero-order valence-electron chi connectivity index (χ0n) is 10.9. The van der Waals surface area contributed by atoms with E-state index in [1.54, 1.807) is 12.5 Å². The van der Waals surface area contributed by atoms with Crippen molar-refractivity contribution in [2.75, 3.05) is 7.05 Å². The predicted octanol–water partition coefficient (Wildman–Crippen LogP) is 1.07. The van der Waals surface area contributed by atoms with Crippen LogP contribution >= 0.6 is 0 Å². The Labute approximate surface area is 107 Å². The molecule has 1 atom stereocenters. The number of hydrogen-bond donors (Lipinski definition) is 1. The maximum Gasteiger partial charge on any atom is 0.138 e. The lowest BCUT2D eigenvalue weighted by Crippen LogP contribution is -2.31. The van der Waals surface area contributed by atoms with Crippen molar-refractivity contribution in [2.45, 2.75) is 32.4 Å². The number of aromatic nitrogens is 4. The minimum atomic E-state index is 0.351. The highest BCUT2D eigenvalue weighted by atomic mass is 15.3. The molecule has 1 unspecified atom stereocenters. The van der Waals surface area contributed by atoms with Gasteiger partial charge in [-0.05, 0) is 32.0 Å². The summed E-state index contributed by atoms with van der Waals surface area (Å²) in [5, 5.41) is 7.53. The zero-order chi connectivity index (χ0) is 12.8. The van der Waals surface area contributed by atoms with Gasteiger partial charge in [-0.15, -0.1) is 0 Å². The van der Waals surface area contributed by atoms with Gasteiger partial charge in [0.15, 0.2) is 0 Å². The minimum absolute atomic E-state index is 0.351. The van der Waals surface area contributed by atoms with Gasteiger partial charge in [0.2, 0.25) is 0 Å². The second-order valence-electron chi connectivity index (χ2n) is 4.25.